The lowest BCUT2D eigenvalue weighted by molar-refractivity contribution is -0.148. The number of alkyl halides is 2. The first kappa shape index (κ1) is 24.9. The van der Waals surface area contributed by atoms with Crippen LogP contribution in [0, 0.1) is 5.92 Å². The summed E-state index contributed by atoms with van der Waals surface area (Å²) in [6.07, 6.45) is 2.89. The summed E-state index contributed by atoms with van der Waals surface area (Å²) in [5.41, 5.74) is 6.59. The summed E-state index contributed by atoms with van der Waals surface area (Å²) in [4.78, 5) is 30.5. The van der Waals surface area contributed by atoms with E-state index in [-0.39, 0.29) is 46.8 Å². The summed E-state index contributed by atoms with van der Waals surface area (Å²) in [6.45, 7) is 1.24. The van der Waals surface area contributed by atoms with Gasteiger partial charge < -0.3 is 29.3 Å². The van der Waals surface area contributed by atoms with Crippen molar-refractivity contribution in [3.8, 4) is 23.0 Å². The summed E-state index contributed by atoms with van der Waals surface area (Å²) in [5.74, 6) is 0.123. The first-order valence-electron chi connectivity index (χ1n) is 11.7. The van der Waals surface area contributed by atoms with Gasteiger partial charge in [0.1, 0.15) is 6.10 Å². The molecule has 2 aromatic rings. The minimum atomic E-state index is -3.00. The van der Waals surface area contributed by atoms with Crippen molar-refractivity contribution in [2.45, 2.75) is 58.3 Å². The van der Waals surface area contributed by atoms with Gasteiger partial charge in [0.05, 0.1) is 12.6 Å². The molecular formula is C24H29F2N3O6. The third-order valence-corrected chi connectivity index (χ3v) is 5.91. The number of likely N-dealkylation sites (tertiary alicyclic amines) is 1. The maximum Gasteiger partial charge on any atom is 0.387 e. The Kier molecular flexibility index (Phi) is 7.54. The second-order valence-corrected chi connectivity index (χ2v) is 8.92. The Bertz CT molecular complexity index is 1060. The average molecular weight is 494 g/mol. The van der Waals surface area contributed by atoms with Crippen LogP contribution in [0.5, 0.6) is 11.5 Å². The molecular weight excluding hydrogens is 464 g/mol. The highest BCUT2D eigenvalue weighted by molar-refractivity contribution is 5.94. The third kappa shape index (κ3) is 6.27. The maximum absolute atomic E-state index is 13.2. The number of hydrogen-bond acceptors (Lipinski definition) is 8. The van der Waals surface area contributed by atoms with Crippen molar-refractivity contribution in [2.75, 3.05) is 19.7 Å². The Morgan fingerprint density at radius 3 is 2.51 bits per heavy atom. The van der Waals surface area contributed by atoms with Gasteiger partial charge in [-0.2, -0.15) is 8.78 Å². The Morgan fingerprint density at radius 2 is 1.91 bits per heavy atom. The molecule has 2 fully saturated rings. The topological polar surface area (TPSA) is 117 Å². The van der Waals surface area contributed by atoms with Gasteiger partial charge in [-0.25, -0.2) is 4.98 Å². The van der Waals surface area contributed by atoms with E-state index >= 15 is 0 Å². The second kappa shape index (κ2) is 10.6. The Balaban J connectivity index is 1.56. The van der Waals surface area contributed by atoms with Gasteiger partial charge in [-0.3, -0.25) is 9.59 Å². The van der Waals surface area contributed by atoms with E-state index in [1.54, 1.807) is 11.8 Å². The predicted molar refractivity (Wildman–Crippen MR) is 120 cm³/mol. The van der Waals surface area contributed by atoms with Gasteiger partial charge in [0.2, 0.25) is 5.89 Å². The highest BCUT2D eigenvalue weighted by atomic mass is 19.3. The third-order valence-electron chi connectivity index (χ3n) is 5.91. The number of carbonyl (C=O) groups excluding carboxylic acids is 2. The van der Waals surface area contributed by atoms with E-state index in [4.69, 9.17) is 19.6 Å². The molecule has 1 aliphatic carbocycles. The van der Waals surface area contributed by atoms with E-state index in [1.807, 2.05) is 0 Å². The van der Waals surface area contributed by atoms with Crippen LogP contribution in [-0.2, 0) is 9.53 Å². The van der Waals surface area contributed by atoms with Crippen molar-refractivity contribution < 1.29 is 37.0 Å². The molecule has 0 unspecified atom stereocenters. The SMILES string of the molecule is CC(=O)OC1CCN(C(=O)c2nc(-c3ccc(OC(F)F)c(OCC4CC4)c3)oc2[C@H](C)N)CC1. The van der Waals surface area contributed by atoms with Crippen molar-refractivity contribution in [1.82, 2.24) is 9.88 Å². The number of aromatic nitrogens is 1. The molecule has 0 radical (unpaired) electrons. The number of halogens is 2. The van der Waals surface area contributed by atoms with Crippen LogP contribution < -0.4 is 15.2 Å². The molecule has 9 nitrogen and oxygen atoms in total. The van der Waals surface area contributed by atoms with Gasteiger partial charge >= 0.3 is 12.6 Å². The molecule has 4 rings (SSSR count). The van der Waals surface area contributed by atoms with Gasteiger partial charge in [-0.15, -0.1) is 0 Å². The van der Waals surface area contributed by atoms with Crippen molar-refractivity contribution in [1.29, 1.82) is 0 Å². The maximum atomic E-state index is 13.2. The number of piperidine rings is 1. The zero-order valence-electron chi connectivity index (χ0n) is 19.7. The fourth-order valence-corrected chi connectivity index (χ4v) is 3.92. The molecule has 2 heterocycles. The van der Waals surface area contributed by atoms with Crippen molar-refractivity contribution in [3.05, 3.63) is 29.7 Å². The van der Waals surface area contributed by atoms with E-state index in [0.29, 0.717) is 44.0 Å². The summed E-state index contributed by atoms with van der Waals surface area (Å²) < 4.78 is 47.1. The Labute approximate surface area is 201 Å². The minimum absolute atomic E-state index is 0.0877. The average Bonchev–Trinajstić information content (AvgIpc) is 3.53. The number of carbonyl (C=O) groups is 2. The Hall–Kier alpha value is -3.21. The number of nitrogens with two attached hydrogens (primary N) is 1. The molecule has 1 saturated heterocycles. The first-order chi connectivity index (χ1) is 16.7. The number of ether oxygens (including phenoxy) is 3. The molecule has 0 spiro atoms. The normalized spacial score (nSPS) is 17.4. The lowest BCUT2D eigenvalue weighted by Crippen LogP contribution is -2.41. The largest absolute Gasteiger partial charge is 0.489 e. The fraction of sp³-hybridized carbons (Fsp3) is 0.542. The first-order valence-corrected chi connectivity index (χ1v) is 11.7. The summed E-state index contributed by atoms with van der Waals surface area (Å²) in [5, 5.41) is 0. The lowest BCUT2D eigenvalue weighted by atomic mass is 10.1. The van der Waals surface area contributed by atoms with E-state index < -0.39 is 12.7 Å². The van der Waals surface area contributed by atoms with E-state index in [9.17, 15) is 18.4 Å². The number of rotatable bonds is 9. The molecule has 1 aliphatic heterocycles. The number of nitrogens with zero attached hydrogens (tertiary/aromatic N) is 2. The van der Waals surface area contributed by atoms with Crippen molar-refractivity contribution >= 4 is 11.9 Å². The number of amides is 1. The van der Waals surface area contributed by atoms with E-state index in [0.717, 1.165) is 12.8 Å². The lowest BCUT2D eigenvalue weighted by Gasteiger charge is -2.31. The van der Waals surface area contributed by atoms with E-state index in [2.05, 4.69) is 9.72 Å². The molecule has 0 bridgehead atoms. The highest BCUT2D eigenvalue weighted by Crippen LogP contribution is 2.37. The van der Waals surface area contributed by atoms with Crippen LogP contribution in [0.2, 0.25) is 0 Å². The molecule has 2 N–H and O–H groups in total. The smallest absolute Gasteiger partial charge is 0.387 e. The fourth-order valence-electron chi connectivity index (χ4n) is 3.92. The predicted octanol–water partition coefficient (Wildman–Crippen LogP) is 3.92. The monoisotopic (exact) mass is 493 g/mol. The van der Waals surface area contributed by atoms with Crippen LogP contribution in [0.25, 0.3) is 11.5 Å². The molecule has 1 aromatic carbocycles. The zero-order valence-corrected chi connectivity index (χ0v) is 19.7. The van der Waals surface area contributed by atoms with Crippen LogP contribution in [-0.4, -0.2) is 54.2 Å². The van der Waals surface area contributed by atoms with Gasteiger partial charge in [0.25, 0.3) is 5.91 Å². The number of esters is 1. The Morgan fingerprint density at radius 1 is 1.20 bits per heavy atom. The van der Waals surface area contributed by atoms with Gasteiger partial charge in [-0.1, -0.05) is 0 Å². The highest BCUT2D eigenvalue weighted by Gasteiger charge is 2.31. The van der Waals surface area contributed by atoms with E-state index in [1.165, 1.54) is 25.1 Å². The molecule has 190 valence electrons. The standard InChI is InChI=1S/C24H29F2N3O6/c1-13(27)21-20(23(31)29-9-7-17(8-10-29)33-14(2)30)28-22(35-21)16-5-6-18(34-24(25)26)19(11-16)32-12-15-3-4-15/h5-6,11,13,15,17,24H,3-4,7-10,12,27H2,1-2H3/t13-/m0/s1. The molecule has 1 amide bonds. The number of oxazole rings is 1. The minimum Gasteiger partial charge on any atom is -0.489 e. The van der Waals surface area contributed by atoms with Gasteiger partial charge in [0, 0.05) is 38.4 Å². The van der Waals surface area contributed by atoms with Gasteiger partial charge in [-0.05, 0) is 43.9 Å². The molecule has 35 heavy (non-hydrogen) atoms. The van der Waals surface area contributed by atoms with Crippen LogP contribution in [0.3, 0.4) is 0 Å². The van der Waals surface area contributed by atoms with Crippen LogP contribution >= 0.6 is 0 Å². The summed E-state index contributed by atoms with van der Waals surface area (Å²) in [7, 11) is 0. The molecule has 1 atom stereocenters. The van der Waals surface area contributed by atoms with Gasteiger partial charge in [0.15, 0.2) is 23.0 Å². The summed E-state index contributed by atoms with van der Waals surface area (Å²) in [6, 6.07) is 3.77. The van der Waals surface area contributed by atoms with Crippen LogP contribution in [0.4, 0.5) is 8.78 Å². The molecule has 1 saturated carbocycles. The molecule has 2 aliphatic rings. The molecule has 1 aromatic heterocycles. The zero-order chi connectivity index (χ0) is 25.1. The van der Waals surface area contributed by atoms with Crippen LogP contribution in [0.1, 0.15) is 61.8 Å². The quantitative estimate of drug-likeness (QED) is 0.523. The second-order valence-electron chi connectivity index (χ2n) is 8.92. The van der Waals surface area contributed by atoms with Crippen LogP contribution in [0.15, 0.2) is 22.6 Å². The number of hydrogen-bond donors (Lipinski definition) is 1. The summed E-state index contributed by atoms with van der Waals surface area (Å²) >= 11 is 0. The van der Waals surface area contributed by atoms with Crippen molar-refractivity contribution in [2.24, 2.45) is 11.7 Å². The number of benzene rings is 1. The molecule has 11 heteroatoms. The van der Waals surface area contributed by atoms with Crippen molar-refractivity contribution in [3.63, 3.8) is 0 Å².